The van der Waals surface area contributed by atoms with Gasteiger partial charge in [0.05, 0.1) is 5.71 Å². The van der Waals surface area contributed by atoms with Crippen LogP contribution in [-0.4, -0.2) is 22.0 Å². The molecule has 0 aromatic rings. The van der Waals surface area contributed by atoms with Gasteiger partial charge in [0.1, 0.15) is 5.41 Å². The molecule has 2 rings (SSSR count). The lowest BCUT2D eigenvalue weighted by atomic mass is 9.69. The summed E-state index contributed by atoms with van der Waals surface area (Å²) in [5.41, 5.74) is -0.724. The fourth-order valence-corrected chi connectivity index (χ4v) is 3.34. The second kappa shape index (κ2) is 2.49. The molecule has 0 aromatic heterocycles. The minimum absolute atomic E-state index is 0.277. The average Bonchev–Trinajstić information content (AvgIpc) is 2.51. The van der Waals surface area contributed by atoms with E-state index in [-0.39, 0.29) is 5.41 Å². The Kier molecular flexibility index (Phi) is 1.69. The Hall–Kier alpha value is -1.06. The van der Waals surface area contributed by atoms with Crippen LogP contribution >= 0.6 is 0 Å². The predicted octanol–water partition coefficient (Wildman–Crippen LogP) is 1.73. The van der Waals surface area contributed by atoms with Gasteiger partial charge in [0.2, 0.25) is 0 Å². The second-order valence-electron chi connectivity index (χ2n) is 4.92. The highest BCUT2D eigenvalue weighted by Gasteiger charge is 2.67. The quantitative estimate of drug-likeness (QED) is 0.496. The van der Waals surface area contributed by atoms with Gasteiger partial charge in [-0.25, -0.2) is 0 Å². The van der Waals surface area contributed by atoms with Gasteiger partial charge in [-0.2, -0.15) is 0 Å². The van der Waals surface area contributed by atoms with E-state index in [0.29, 0.717) is 24.5 Å². The van der Waals surface area contributed by atoms with Crippen LogP contribution in [0.15, 0.2) is 5.16 Å². The molecule has 2 unspecified atom stereocenters. The predicted molar refractivity (Wildman–Crippen MR) is 50.4 cm³/mol. The van der Waals surface area contributed by atoms with Crippen molar-refractivity contribution in [1.29, 1.82) is 0 Å². The number of oxime groups is 1. The molecular weight excluding hydrogens is 182 g/mol. The van der Waals surface area contributed by atoms with E-state index in [9.17, 15) is 9.90 Å². The molecule has 2 saturated carbocycles. The Morgan fingerprint density at radius 3 is 2.57 bits per heavy atom. The smallest absolute Gasteiger partial charge is 0.316 e. The molecular formula is C10H15NO3. The number of rotatable bonds is 1. The zero-order chi connectivity index (χ0) is 10.6. The Balaban J connectivity index is 2.57. The number of hydrogen-bond acceptors (Lipinski definition) is 3. The highest BCUT2D eigenvalue weighted by atomic mass is 16.4. The Morgan fingerprint density at radius 1 is 1.57 bits per heavy atom. The Labute approximate surface area is 82.6 Å². The molecule has 0 spiro atoms. The number of carboxylic acid groups (broad SMARTS) is 1. The molecule has 14 heavy (non-hydrogen) atoms. The molecule has 0 radical (unpaired) electrons. The van der Waals surface area contributed by atoms with E-state index < -0.39 is 11.4 Å². The lowest BCUT2D eigenvalue weighted by Gasteiger charge is -2.33. The molecule has 0 amide bonds. The van der Waals surface area contributed by atoms with Crippen molar-refractivity contribution in [1.82, 2.24) is 0 Å². The topological polar surface area (TPSA) is 69.9 Å². The number of nitrogens with zero attached hydrogens (tertiary/aromatic N) is 1. The zero-order valence-electron chi connectivity index (χ0n) is 8.45. The number of aliphatic carboxylic acids is 1. The summed E-state index contributed by atoms with van der Waals surface area (Å²) in [6.45, 7) is 3.94. The molecule has 78 valence electrons. The maximum Gasteiger partial charge on any atom is 0.316 e. The molecule has 2 fully saturated rings. The number of carboxylic acids is 1. The van der Waals surface area contributed by atoms with E-state index in [2.05, 4.69) is 5.16 Å². The van der Waals surface area contributed by atoms with Crippen LogP contribution in [0.1, 0.15) is 33.1 Å². The van der Waals surface area contributed by atoms with Crippen LogP contribution in [0.25, 0.3) is 0 Å². The van der Waals surface area contributed by atoms with Gasteiger partial charge in [-0.1, -0.05) is 19.0 Å². The van der Waals surface area contributed by atoms with E-state index in [1.807, 2.05) is 13.8 Å². The molecule has 2 N–H and O–H groups in total. The number of carbonyl (C=O) groups is 1. The van der Waals surface area contributed by atoms with Crippen LogP contribution in [-0.2, 0) is 4.79 Å². The van der Waals surface area contributed by atoms with Gasteiger partial charge in [-0.3, -0.25) is 4.79 Å². The van der Waals surface area contributed by atoms with Gasteiger partial charge < -0.3 is 10.3 Å². The molecule has 2 aliphatic carbocycles. The Morgan fingerprint density at radius 2 is 2.21 bits per heavy atom. The maximum atomic E-state index is 11.4. The van der Waals surface area contributed by atoms with Crippen LogP contribution in [0, 0.1) is 16.7 Å². The molecule has 2 atom stereocenters. The van der Waals surface area contributed by atoms with Gasteiger partial charge in [0.25, 0.3) is 0 Å². The van der Waals surface area contributed by atoms with Gasteiger partial charge in [-0.05, 0) is 30.6 Å². The minimum atomic E-state index is -0.910. The van der Waals surface area contributed by atoms with Gasteiger partial charge in [0, 0.05) is 0 Å². The zero-order valence-corrected chi connectivity index (χ0v) is 8.45. The van der Waals surface area contributed by atoms with Crippen LogP contribution in [0.5, 0.6) is 0 Å². The molecule has 0 saturated heterocycles. The molecule has 0 aromatic carbocycles. The van der Waals surface area contributed by atoms with Crippen LogP contribution in [0.3, 0.4) is 0 Å². The SMILES string of the molecule is CC1(C)C2CCC1(C(=O)O)C(=NO)C2. The minimum Gasteiger partial charge on any atom is -0.481 e. The molecule has 4 nitrogen and oxygen atoms in total. The lowest BCUT2D eigenvalue weighted by Crippen LogP contribution is -2.43. The maximum absolute atomic E-state index is 11.4. The highest BCUT2D eigenvalue weighted by molar-refractivity contribution is 6.09. The first-order valence-electron chi connectivity index (χ1n) is 4.91. The molecule has 2 bridgehead atoms. The van der Waals surface area contributed by atoms with Crippen molar-refractivity contribution in [2.75, 3.05) is 0 Å². The fourth-order valence-electron chi connectivity index (χ4n) is 3.34. The number of fused-ring (bicyclic) bond motifs is 2. The first-order valence-corrected chi connectivity index (χ1v) is 4.91. The number of hydrogen-bond donors (Lipinski definition) is 2. The summed E-state index contributed by atoms with van der Waals surface area (Å²) in [6.07, 6.45) is 2.17. The molecule has 0 aliphatic heterocycles. The fraction of sp³-hybridized carbons (Fsp3) is 0.800. The van der Waals surface area contributed by atoms with Crippen molar-refractivity contribution in [2.24, 2.45) is 21.9 Å². The molecule has 2 aliphatic rings. The monoisotopic (exact) mass is 197 g/mol. The van der Waals surface area contributed by atoms with Gasteiger partial charge in [0.15, 0.2) is 0 Å². The summed E-state index contributed by atoms with van der Waals surface area (Å²) in [7, 11) is 0. The van der Waals surface area contributed by atoms with Crippen LogP contribution in [0.2, 0.25) is 0 Å². The highest BCUT2D eigenvalue weighted by Crippen LogP contribution is 2.64. The summed E-state index contributed by atoms with van der Waals surface area (Å²) < 4.78 is 0. The summed E-state index contributed by atoms with van der Waals surface area (Å²) in [5, 5.41) is 21.4. The van der Waals surface area contributed by atoms with Crippen molar-refractivity contribution >= 4 is 11.7 Å². The van der Waals surface area contributed by atoms with Crippen LogP contribution < -0.4 is 0 Å². The standard InChI is InChI=1S/C10H15NO3/c1-9(2)6-3-4-10(9,8(12)13)7(5-6)11-14/h6,14H,3-5H2,1-2H3,(H,12,13). The Bertz CT molecular complexity index is 321. The first-order chi connectivity index (χ1) is 6.46. The third-order valence-electron chi connectivity index (χ3n) is 4.41. The largest absolute Gasteiger partial charge is 0.481 e. The van der Waals surface area contributed by atoms with Crippen molar-refractivity contribution < 1.29 is 15.1 Å². The van der Waals surface area contributed by atoms with Gasteiger partial charge in [-0.15, -0.1) is 0 Å². The average molecular weight is 197 g/mol. The first kappa shape index (κ1) is 9.49. The van der Waals surface area contributed by atoms with E-state index in [0.717, 1.165) is 6.42 Å². The second-order valence-corrected chi connectivity index (χ2v) is 4.92. The molecule has 4 heteroatoms. The van der Waals surface area contributed by atoms with E-state index in [1.165, 1.54) is 0 Å². The third kappa shape index (κ3) is 0.751. The summed E-state index contributed by atoms with van der Waals surface area (Å²) >= 11 is 0. The lowest BCUT2D eigenvalue weighted by molar-refractivity contribution is -0.148. The van der Waals surface area contributed by atoms with E-state index in [1.54, 1.807) is 0 Å². The van der Waals surface area contributed by atoms with Crippen LogP contribution in [0.4, 0.5) is 0 Å². The van der Waals surface area contributed by atoms with E-state index in [4.69, 9.17) is 5.21 Å². The summed E-state index contributed by atoms with van der Waals surface area (Å²) in [6, 6.07) is 0. The normalized spacial score (nSPS) is 41.9. The van der Waals surface area contributed by atoms with Crippen molar-refractivity contribution in [3.8, 4) is 0 Å². The van der Waals surface area contributed by atoms with Crippen molar-refractivity contribution in [3.05, 3.63) is 0 Å². The summed E-state index contributed by atoms with van der Waals surface area (Å²) in [4.78, 5) is 11.4. The molecule has 0 heterocycles. The van der Waals surface area contributed by atoms with Gasteiger partial charge >= 0.3 is 5.97 Å². The summed E-state index contributed by atoms with van der Waals surface area (Å²) in [5.74, 6) is -0.486. The van der Waals surface area contributed by atoms with Crippen molar-refractivity contribution in [2.45, 2.75) is 33.1 Å². The third-order valence-corrected chi connectivity index (χ3v) is 4.41. The van der Waals surface area contributed by atoms with Crippen molar-refractivity contribution in [3.63, 3.8) is 0 Å². The van der Waals surface area contributed by atoms with E-state index >= 15 is 0 Å².